The Kier molecular flexibility index (Phi) is 3.04. The molecule has 1 aliphatic carbocycles. The number of rotatable bonds is 2. The first-order chi connectivity index (χ1) is 7.66. The third kappa shape index (κ3) is 2.22. The van der Waals surface area contributed by atoms with Gasteiger partial charge in [0.2, 0.25) is 0 Å². The van der Waals surface area contributed by atoms with E-state index < -0.39 is 8.32 Å². The zero-order chi connectivity index (χ0) is 12.9. The predicted octanol–water partition coefficient (Wildman–Crippen LogP) is 2.33. The van der Waals surface area contributed by atoms with Crippen LogP contribution in [0.25, 0.3) is 0 Å². The summed E-state index contributed by atoms with van der Waals surface area (Å²) in [6.45, 7) is 13.0. The molecule has 4 heteroatoms. The van der Waals surface area contributed by atoms with Crippen molar-refractivity contribution in [3.8, 4) is 0 Å². The van der Waals surface area contributed by atoms with E-state index in [1.54, 1.807) is 0 Å². The van der Waals surface area contributed by atoms with Crippen LogP contribution >= 0.6 is 0 Å². The molecule has 0 unspecified atom stereocenters. The molecule has 1 atom stereocenters. The fourth-order valence-corrected chi connectivity index (χ4v) is 3.84. The van der Waals surface area contributed by atoms with Crippen LogP contribution in [0.5, 0.6) is 0 Å². The van der Waals surface area contributed by atoms with Gasteiger partial charge in [-0.3, -0.25) is 4.79 Å². The Labute approximate surface area is 105 Å². The van der Waals surface area contributed by atoms with Crippen molar-refractivity contribution in [2.75, 3.05) is 13.1 Å². The highest BCUT2D eigenvalue weighted by molar-refractivity contribution is 6.74. The van der Waals surface area contributed by atoms with Crippen molar-refractivity contribution in [2.45, 2.75) is 57.8 Å². The maximum absolute atomic E-state index is 12.0. The zero-order valence-electron chi connectivity index (χ0n) is 11.7. The average Bonchev–Trinajstić information content (AvgIpc) is 2.38. The van der Waals surface area contributed by atoms with Crippen LogP contribution in [0.2, 0.25) is 18.1 Å². The summed E-state index contributed by atoms with van der Waals surface area (Å²) in [6.07, 6.45) is 1.74. The summed E-state index contributed by atoms with van der Waals surface area (Å²) >= 11 is 0. The maximum atomic E-state index is 12.0. The van der Waals surface area contributed by atoms with Crippen LogP contribution in [-0.2, 0) is 9.22 Å². The van der Waals surface area contributed by atoms with Crippen molar-refractivity contribution in [1.82, 2.24) is 5.32 Å². The lowest BCUT2D eigenvalue weighted by Gasteiger charge is -2.40. The molecule has 0 aromatic heterocycles. The Morgan fingerprint density at radius 3 is 2.29 bits per heavy atom. The molecule has 1 spiro atoms. The van der Waals surface area contributed by atoms with E-state index >= 15 is 0 Å². The van der Waals surface area contributed by atoms with Gasteiger partial charge in [-0.2, -0.15) is 0 Å². The highest BCUT2D eigenvalue weighted by atomic mass is 28.4. The minimum atomic E-state index is -1.72. The van der Waals surface area contributed by atoms with E-state index in [-0.39, 0.29) is 16.6 Å². The summed E-state index contributed by atoms with van der Waals surface area (Å²) in [7, 11) is -1.72. The third-order valence-electron chi connectivity index (χ3n) is 4.82. The molecule has 0 amide bonds. The van der Waals surface area contributed by atoms with Gasteiger partial charge in [-0.05, 0) is 24.6 Å². The topological polar surface area (TPSA) is 38.3 Å². The lowest BCUT2D eigenvalue weighted by molar-refractivity contribution is -0.128. The van der Waals surface area contributed by atoms with Crippen molar-refractivity contribution in [3.05, 3.63) is 0 Å². The molecule has 2 aliphatic rings. The van der Waals surface area contributed by atoms with Crippen LogP contribution in [-0.4, -0.2) is 33.3 Å². The van der Waals surface area contributed by atoms with Crippen molar-refractivity contribution < 1.29 is 9.22 Å². The molecule has 1 aliphatic heterocycles. The number of ketones is 1. The minimum absolute atomic E-state index is 0.0625. The third-order valence-corrected chi connectivity index (χ3v) is 9.35. The molecule has 1 N–H and O–H groups in total. The standard InChI is InChI=1S/C13H25NO2Si/c1-12(2,3)17(4,5)16-10-6-11(15)13(7-10)8-14-9-13/h10,14H,6-9H2,1-5H3/t10-/m0/s1. The normalized spacial score (nSPS) is 28.5. The highest BCUT2D eigenvalue weighted by Gasteiger charge is 2.52. The Balaban J connectivity index is 2.00. The molecule has 3 nitrogen and oxygen atoms in total. The van der Waals surface area contributed by atoms with E-state index in [4.69, 9.17) is 4.43 Å². The summed E-state index contributed by atoms with van der Waals surface area (Å²) in [6, 6.07) is 0. The van der Waals surface area contributed by atoms with Gasteiger partial charge >= 0.3 is 0 Å². The number of nitrogens with one attached hydrogen (secondary N) is 1. The lowest BCUT2D eigenvalue weighted by Crippen LogP contribution is -2.56. The SMILES string of the molecule is CC(C)(C)[Si](C)(C)O[C@H]1CC(=O)C2(CNC2)C1. The average molecular weight is 255 g/mol. The Bertz CT molecular complexity index is 329. The van der Waals surface area contributed by atoms with E-state index in [0.29, 0.717) is 12.2 Å². The fourth-order valence-electron chi connectivity index (χ4n) is 2.49. The van der Waals surface area contributed by atoms with Crippen LogP contribution in [0.3, 0.4) is 0 Å². The molecule has 98 valence electrons. The van der Waals surface area contributed by atoms with Gasteiger partial charge in [0.15, 0.2) is 8.32 Å². The first-order valence-corrected chi connectivity index (χ1v) is 9.49. The molecule has 1 saturated heterocycles. The second kappa shape index (κ2) is 3.90. The van der Waals surface area contributed by atoms with Crippen molar-refractivity contribution >= 4 is 14.1 Å². The van der Waals surface area contributed by atoms with E-state index in [2.05, 4.69) is 39.2 Å². The summed E-state index contributed by atoms with van der Waals surface area (Å²) in [5, 5.41) is 3.45. The van der Waals surface area contributed by atoms with E-state index in [9.17, 15) is 4.79 Å². The first-order valence-electron chi connectivity index (χ1n) is 6.58. The molecule has 17 heavy (non-hydrogen) atoms. The summed E-state index contributed by atoms with van der Waals surface area (Å²) in [5.41, 5.74) is -0.0625. The Morgan fingerprint density at radius 1 is 1.35 bits per heavy atom. The smallest absolute Gasteiger partial charge is 0.192 e. The molecule has 2 rings (SSSR count). The largest absolute Gasteiger partial charge is 0.413 e. The summed E-state index contributed by atoms with van der Waals surface area (Å²) in [4.78, 5) is 12.0. The minimum Gasteiger partial charge on any atom is -0.413 e. The number of hydrogen-bond donors (Lipinski definition) is 1. The predicted molar refractivity (Wildman–Crippen MR) is 71.6 cm³/mol. The Hall–Kier alpha value is -0.193. The highest BCUT2D eigenvalue weighted by Crippen LogP contribution is 2.44. The molecule has 1 heterocycles. The van der Waals surface area contributed by atoms with Gasteiger partial charge in [-0.25, -0.2) is 0 Å². The molecule has 0 aromatic rings. The summed E-state index contributed by atoms with van der Waals surface area (Å²) in [5.74, 6) is 0.417. The monoisotopic (exact) mass is 255 g/mol. The molecule has 0 radical (unpaired) electrons. The van der Waals surface area contributed by atoms with Crippen molar-refractivity contribution in [1.29, 1.82) is 0 Å². The van der Waals surface area contributed by atoms with Crippen molar-refractivity contribution in [2.24, 2.45) is 5.41 Å². The van der Waals surface area contributed by atoms with Gasteiger partial charge in [-0.1, -0.05) is 20.8 Å². The molecule has 0 bridgehead atoms. The van der Waals surface area contributed by atoms with Crippen LogP contribution < -0.4 is 5.32 Å². The van der Waals surface area contributed by atoms with Gasteiger partial charge in [0.05, 0.1) is 11.5 Å². The maximum Gasteiger partial charge on any atom is 0.192 e. The molecule has 2 fully saturated rings. The number of hydrogen-bond acceptors (Lipinski definition) is 3. The van der Waals surface area contributed by atoms with Crippen LogP contribution in [0.1, 0.15) is 33.6 Å². The van der Waals surface area contributed by atoms with Gasteiger partial charge < -0.3 is 9.74 Å². The summed E-state index contributed by atoms with van der Waals surface area (Å²) < 4.78 is 6.36. The van der Waals surface area contributed by atoms with Gasteiger partial charge in [0.1, 0.15) is 5.78 Å². The quantitative estimate of drug-likeness (QED) is 0.770. The van der Waals surface area contributed by atoms with Crippen LogP contribution in [0.4, 0.5) is 0 Å². The van der Waals surface area contributed by atoms with Gasteiger partial charge in [0.25, 0.3) is 0 Å². The number of carbonyl (C=O) groups excluding carboxylic acids is 1. The molecule has 1 saturated carbocycles. The van der Waals surface area contributed by atoms with E-state index in [0.717, 1.165) is 19.5 Å². The lowest BCUT2D eigenvalue weighted by atomic mass is 9.79. The Morgan fingerprint density at radius 2 is 1.94 bits per heavy atom. The molecule has 0 aromatic carbocycles. The number of carbonyl (C=O) groups is 1. The first kappa shape index (κ1) is 13.2. The van der Waals surface area contributed by atoms with Gasteiger partial charge in [-0.15, -0.1) is 0 Å². The van der Waals surface area contributed by atoms with Crippen LogP contribution in [0, 0.1) is 5.41 Å². The molecular formula is C13H25NO2Si. The fraction of sp³-hybridized carbons (Fsp3) is 0.923. The number of Topliss-reactive ketones (excluding diaryl/α,β-unsaturated/α-hetero) is 1. The van der Waals surface area contributed by atoms with Gasteiger partial charge in [0, 0.05) is 19.5 Å². The van der Waals surface area contributed by atoms with E-state index in [1.165, 1.54) is 0 Å². The molecular weight excluding hydrogens is 230 g/mol. The van der Waals surface area contributed by atoms with Crippen molar-refractivity contribution in [3.63, 3.8) is 0 Å². The zero-order valence-corrected chi connectivity index (χ0v) is 12.7. The van der Waals surface area contributed by atoms with E-state index in [1.807, 2.05) is 0 Å². The second-order valence-corrected chi connectivity index (χ2v) is 12.0. The second-order valence-electron chi connectivity index (χ2n) is 7.22. The van der Waals surface area contributed by atoms with Crippen LogP contribution in [0.15, 0.2) is 0 Å².